The summed E-state index contributed by atoms with van der Waals surface area (Å²) in [6.07, 6.45) is -0.104. The minimum Gasteiger partial charge on any atom is -0.481 e. The van der Waals surface area contributed by atoms with Crippen molar-refractivity contribution in [2.45, 2.75) is 19.4 Å². The maximum atomic E-state index is 11.2. The average Bonchev–Trinajstić information content (AvgIpc) is 2.46. The summed E-state index contributed by atoms with van der Waals surface area (Å²) >= 11 is 0. The van der Waals surface area contributed by atoms with Crippen LogP contribution >= 0.6 is 0 Å². The maximum Gasteiger partial charge on any atom is 0.326 e. The second-order valence-electron chi connectivity index (χ2n) is 3.30. The molecule has 6 heteroatoms. The van der Waals surface area contributed by atoms with Gasteiger partial charge < -0.3 is 15.1 Å². The molecule has 1 aliphatic heterocycles. The van der Waals surface area contributed by atoms with Gasteiger partial charge in [0.1, 0.15) is 6.04 Å². The van der Waals surface area contributed by atoms with E-state index in [0.717, 1.165) is 4.90 Å². The van der Waals surface area contributed by atoms with Crippen LogP contribution in [0, 0.1) is 5.92 Å². The third-order valence-electron chi connectivity index (χ3n) is 2.33. The van der Waals surface area contributed by atoms with Crippen molar-refractivity contribution in [3.05, 3.63) is 0 Å². The number of aliphatic carboxylic acids is 2. The molecule has 0 aromatic heterocycles. The monoisotopic (exact) mass is 201 g/mol. The highest BCUT2D eigenvalue weighted by molar-refractivity contribution is 5.89. The van der Waals surface area contributed by atoms with E-state index in [1.165, 1.54) is 6.92 Å². The van der Waals surface area contributed by atoms with Crippen molar-refractivity contribution in [2.75, 3.05) is 6.54 Å². The molecular formula is C8H11NO5. The van der Waals surface area contributed by atoms with Crippen LogP contribution in [-0.2, 0) is 14.4 Å². The lowest BCUT2D eigenvalue weighted by atomic mass is 10.1. The van der Waals surface area contributed by atoms with E-state index in [1.807, 2.05) is 0 Å². The third kappa shape index (κ3) is 1.84. The van der Waals surface area contributed by atoms with Crippen molar-refractivity contribution < 1.29 is 24.6 Å². The number of carbonyl (C=O) groups excluding carboxylic acids is 1. The fourth-order valence-corrected chi connectivity index (χ4v) is 1.40. The minimum atomic E-state index is -1.12. The van der Waals surface area contributed by atoms with Crippen molar-refractivity contribution in [1.29, 1.82) is 0 Å². The standard InChI is InChI=1S/C8H11NO5/c1-4(7(11)12)9-3-5(8(13)14)2-6(9)10/h4-5H,2-3H2,1H3,(H,11,12)(H,13,14). The Balaban J connectivity index is 2.70. The van der Waals surface area contributed by atoms with Crippen LogP contribution in [0.1, 0.15) is 13.3 Å². The zero-order valence-electron chi connectivity index (χ0n) is 7.64. The van der Waals surface area contributed by atoms with Gasteiger partial charge in [0.25, 0.3) is 0 Å². The van der Waals surface area contributed by atoms with E-state index in [0.29, 0.717) is 0 Å². The molecule has 1 amide bonds. The Morgan fingerprint density at radius 1 is 1.50 bits per heavy atom. The van der Waals surface area contributed by atoms with Crippen LogP contribution in [0.2, 0.25) is 0 Å². The molecule has 1 saturated heterocycles. The van der Waals surface area contributed by atoms with Gasteiger partial charge in [-0.05, 0) is 6.92 Å². The molecule has 6 nitrogen and oxygen atoms in total. The summed E-state index contributed by atoms with van der Waals surface area (Å²) < 4.78 is 0. The van der Waals surface area contributed by atoms with Crippen molar-refractivity contribution in [3.63, 3.8) is 0 Å². The van der Waals surface area contributed by atoms with Crippen molar-refractivity contribution >= 4 is 17.8 Å². The average molecular weight is 201 g/mol. The number of carboxylic acids is 2. The van der Waals surface area contributed by atoms with E-state index in [2.05, 4.69) is 0 Å². The Bertz CT molecular complexity index is 287. The van der Waals surface area contributed by atoms with Gasteiger partial charge >= 0.3 is 11.9 Å². The number of likely N-dealkylation sites (tertiary alicyclic amines) is 1. The summed E-state index contributed by atoms with van der Waals surface area (Å²) in [7, 11) is 0. The highest BCUT2D eigenvalue weighted by atomic mass is 16.4. The highest BCUT2D eigenvalue weighted by Gasteiger charge is 2.38. The van der Waals surface area contributed by atoms with Gasteiger partial charge in [0.2, 0.25) is 5.91 Å². The number of hydrogen-bond acceptors (Lipinski definition) is 3. The fraction of sp³-hybridized carbons (Fsp3) is 0.625. The van der Waals surface area contributed by atoms with Crippen molar-refractivity contribution in [3.8, 4) is 0 Å². The molecule has 0 saturated carbocycles. The van der Waals surface area contributed by atoms with Crippen LogP contribution in [0.15, 0.2) is 0 Å². The van der Waals surface area contributed by atoms with Gasteiger partial charge in [-0.15, -0.1) is 0 Å². The molecule has 0 radical (unpaired) electrons. The fourth-order valence-electron chi connectivity index (χ4n) is 1.40. The quantitative estimate of drug-likeness (QED) is 0.635. The molecule has 14 heavy (non-hydrogen) atoms. The molecule has 0 aromatic rings. The normalized spacial score (nSPS) is 23.6. The third-order valence-corrected chi connectivity index (χ3v) is 2.33. The Hall–Kier alpha value is -1.59. The van der Waals surface area contributed by atoms with Crippen LogP contribution in [0.3, 0.4) is 0 Å². The molecule has 1 fully saturated rings. The van der Waals surface area contributed by atoms with E-state index >= 15 is 0 Å². The van der Waals surface area contributed by atoms with Crippen LogP contribution in [0.5, 0.6) is 0 Å². The SMILES string of the molecule is CC(C(=O)O)N1CC(C(=O)O)CC1=O. The summed E-state index contributed by atoms with van der Waals surface area (Å²) in [5, 5.41) is 17.3. The molecule has 1 rings (SSSR count). The molecule has 0 spiro atoms. The predicted octanol–water partition coefficient (Wildman–Crippen LogP) is -0.607. The molecule has 2 atom stereocenters. The molecule has 1 heterocycles. The van der Waals surface area contributed by atoms with Gasteiger partial charge in [-0.1, -0.05) is 0 Å². The second-order valence-corrected chi connectivity index (χ2v) is 3.30. The number of rotatable bonds is 3. The minimum absolute atomic E-state index is 0.0123. The lowest BCUT2D eigenvalue weighted by molar-refractivity contribution is -0.147. The van der Waals surface area contributed by atoms with Crippen LogP contribution in [0.25, 0.3) is 0 Å². The first-order valence-electron chi connectivity index (χ1n) is 4.18. The first kappa shape index (κ1) is 10.5. The second kappa shape index (κ2) is 3.65. The van der Waals surface area contributed by atoms with Crippen LogP contribution in [0.4, 0.5) is 0 Å². The Morgan fingerprint density at radius 3 is 2.43 bits per heavy atom. The molecule has 1 aliphatic rings. The topological polar surface area (TPSA) is 94.9 Å². The van der Waals surface area contributed by atoms with Gasteiger partial charge in [-0.2, -0.15) is 0 Å². The number of hydrogen-bond donors (Lipinski definition) is 2. The van der Waals surface area contributed by atoms with Crippen molar-refractivity contribution in [1.82, 2.24) is 4.90 Å². The van der Waals surface area contributed by atoms with Crippen LogP contribution in [-0.4, -0.2) is 45.5 Å². The number of nitrogens with zero attached hydrogens (tertiary/aromatic N) is 1. The molecule has 0 aliphatic carbocycles. The Morgan fingerprint density at radius 2 is 2.07 bits per heavy atom. The lowest BCUT2D eigenvalue weighted by Gasteiger charge is -2.20. The number of carboxylic acid groups (broad SMARTS) is 2. The zero-order chi connectivity index (χ0) is 10.9. The largest absolute Gasteiger partial charge is 0.481 e. The first-order valence-corrected chi connectivity index (χ1v) is 4.18. The summed E-state index contributed by atoms with van der Waals surface area (Å²) in [6, 6.07) is -0.952. The van der Waals surface area contributed by atoms with Crippen molar-refractivity contribution in [2.24, 2.45) is 5.92 Å². The zero-order valence-corrected chi connectivity index (χ0v) is 7.64. The summed E-state index contributed by atoms with van der Waals surface area (Å²) in [5.74, 6) is -3.36. The number of amides is 1. The number of carbonyl (C=O) groups is 3. The first-order chi connectivity index (χ1) is 6.43. The maximum absolute atomic E-state index is 11.2. The smallest absolute Gasteiger partial charge is 0.326 e. The Kier molecular flexibility index (Phi) is 2.73. The van der Waals surface area contributed by atoms with E-state index in [4.69, 9.17) is 10.2 Å². The van der Waals surface area contributed by atoms with Gasteiger partial charge in [0, 0.05) is 13.0 Å². The molecule has 0 bridgehead atoms. The predicted molar refractivity (Wildman–Crippen MR) is 44.6 cm³/mol. The lowest BCUT2D eigenvalue weighted by Crippen LogP contribution is -2.40. The van der Waals surface area contributed by atoms with E-state index in [-0.39, 0.29) is 13.0 Å². The Labute approximate surface area is 80.1 Å². The molecule has 0 aromatic carbocycles. The summed E-state index contributed by atoms with van der Waals surface area (Å²) in [4.78, 5) is 33.4. The van der Waals surface area contributed by atoms with Gasteiger partial charge in [-0.3, -0.25) is 9.59 Å². The van der Waals surface area contributed by atoms with Gasteiger partial charge in [0.05, 0.1) is 5.92 Å². The van der Waals surface area contributed by atoms with E-state index < -0.39 is 29.8 Å². The molecule has 2 N–H and O–H groups in total. The molecule has 2 unspecified atom stereocenters. The highest BCUT2D eigenvalue weighted by Crippen LogP contribution is 2.20. The molecular weight excluding hydrogens is 190 g/mol. The van der Waals surface area contributed by atoms with E-state index in [1.54, 1.807) is 0 Å². The molecule has 78 valence electrons. The van der Waals surface area contributed by atoms with Crippen LogP contribution < -0.4 is 0 Å². The van der Waals surface area contributed by atoms with Gasteiger partial charge in [0.15, 0.2) is 0 Å². The summed E-state index contributed by atoms with van der Waals surface area (Å²) in [6.45, 7) is 1.35. The van der Waals surface area contributed by atoms with Gasteiger partial charge in [-0.25, -0.2) is 4.79 Å². The van der Waals surface area contributed by atoms with E-state index in [9.17, 15) is 14.4 Å². The summed E-state index contributed by atoms with van der Waals surface area (Å²) in [5.41, 5.74) is 0.